The fourth-order valence-corrected chi connectivity index (χ4v) is 1.75. The van der Waals surface area contributed by atoms with Crippen molar-refractivity contribution in [3.05, 3.63) is 17.5 Å². The first-order valence-electron chi connectivity index (χ1n) is 4.92. The largest absolute Gasteiger partial charge is 0.433 e. The fraction of sp³-hybridized carbons (Fsp3) is 0.556. The molecule has 4 nitrogen and oxygen atoms in total. The monoisotopic (exact) mass is 232 g/mol. The van der Waals surface area contributed by atoms with Crippen LogP contribution in [-0.4, -0.2) is 16.5 Å². The predicted molar refractivity (Wildman–Crippen MR) is 51.4 cm³/mol. The second-order valence-corrected chi connectivity index (χ2v) is 3.68. The average Bonchev–Trinajstić information content (AvgIpc) is 2.68. The van der Waals surface area contributed by atoms with E-state index in [2.05, 4.69) is 15.3 Å². The second-order valence-electron chi connectivity index (χ2n) is 3.68. The number of hydrogen-bond donors (Lipinski definition) is 2. The van der Waals surface area contributed by atoms with Crippen LogP contribution in [0.3, 0.4) is 0 Å². The van der Waals surface area contributed by atoms with Gasteiger partial charge in [-0.3, -0.25) is 0 Å². The number of nitrogens with one attached hydrogen (secondary N) is 1. The van der Waals surface area contributed by atoms with Crippen molar-refractivity contribution in [3.63, 3.8) is 0 Å². The third-order valence-corrected chi connectivity index (χ3v) is 2.47. The molecule has 2 heterocycles. The maximum Gasteiger partial charge on any atom is 0.433 e. The Morgan fingerprint density at radius 3 is 2.69 bits per heavy atom. The lowest BCUT2D eigenvalue weighted by atomic mass is 10.1. The minimum Gasteiger partial charge on any atom is -0.368 e. The number of anilines is 1. The summed E-state index contributed by atoms with van der Waals surface area (Å²) in [5.41, 5.74) is 4.61. The van der Waals surface area contributed by atoms with E-state index in [1.165, 1.54) is 0 Å². The van der Waals surface area contributed by atoms with Crippen molar-refractivity contribution in [2.24, 2.45) is 0 Å². The molecule has 1 aliphatic heterocycles. The van der Waals surface area contributed by atoms with Crippen molar-refractivity contribution in [2.75, 3.05) is 12.3 Å². The normalized spacial score (nSPS) is 21.3. The molecular formula is C9H11F3N4. The van der Waals surface area contributed by atoms with E-state index >= 15 is 0 Å². The van der Waals surface area contributed by atoms with Crippen LogP contribution in [-0.2, 0) is 6.18 Å². The van der Waals surface area contributed by atoms with Gasteiger partial charge in [-0.15, -0.1) is 0 Å². The Morgan fingerprint density at radius 2 is 2.12 bits per heavy atom. The van der Waals surface area contributed by atoms with E-state index in [0.717, 1.165) is 25.5 Å². The van der Waals surface area contributed by atoms with Crippen LogP contribution >= 0.6 is 0 Å². The van der Waals surface area contributed by atoms with Crippen LogP contribution in [0.2, 0.25) is 0 Å². The topological polar surface area (TPSA) is 63.8 Å². The highest BCUT2D eigenvalue weighted by Crippen LogP contribution is 2.30. The van der Waals surface area contributed by atoms with Crippen LogP contribution in [0.15, 0.2) is 6.07 Å². The molecule has 7 heteroatoms. The van der Waals surface area contributed by atoms with Gasteiger partial charge >= 0.3 is 6.18 Å². The number of nitrogens with zero attached hydrogens (tertiary/aromatic N) is 2. The van der Waals surface area contributed by atoms with Gasteiger partial charge in [-0.1, -0.05) is 0 Å². The van der Waals surface area contributed by atoms with Gasteiger partial charge < -0.3 is 11.1 Å². The molecule has 0 radical (unpaired) electrons. The van der Waals surface area contributed by atoms with Crippen molar-refractivity contribution < 1.29 is 13.2 Å². The van der Waals surface area contributed by atoms with E-state index in [1.54, 1.807) is 0 Å². The van der Waals surface area contributed by atoms with Gasteiger partial charge in [0.15, 0.2) is 0 Å². The van der Waals surface area contributed by atoms with Gasteiger partial charge in [0.05, 0.1) is 5.69 Å². The number of halogens is 3. The van der Waals surface area contributed by atoms with Crippen LogP contribution in [0.4, 0.5) is 19.1 Å². The zero-order valence-corrected chi connectivity index (χ0v) is 8.38. The molecule has 0 bridgehead atoms. The quantitative estimate of drug-likeness (QED) is 0.770. The third kappa shape index (κ3) is 2.24. The minimum absolute atomic E-state index is 0.147. The van der Waals surface area contributed by atoms with E-state index in [9.17, 15) is 13.2 Å². The standard InChI is InChI=1S/C9H11F3N4/c10-9(11,12)7-4-6(15-8(13)16-7)5-2-1-3-14-5/h4-5,14H,1-3H2,(H2,13,15,16)/t5-/m1/s1. The summed E-state index contributed by atoms with van der Waals surface area (Å²) in [6.45, 7) is 0.788. The van der Waals surface area contributed by atoms with Gasteiger partial charge in [0.25, 0.3) is 0 Å². The van der Waals surface area contributed by atoms with Gasteiger partial charge in [-0.05, 0) is 25.5 Å². The van der Waals surface area contributed by atoms with Crippen molar-refractivity contribution in [1.29, 1.82) is 0 Å². The van der Waals surface area contributed by atoms with Gasteiger partial charge in [0.1, 0.15) is 5.69 Å². The minimum atomic E-state index is -4.48. The molecule has 16 heavy (non-hydrogen) atoms. The van der Waals surface area contributed by atoms with Crippen molar-refractivity contribution in [3.8, 4) is 0 Å². The van der Waals surface area contributed by atoms with Crippen LogP contribution in [0.1, 0.15) is 30.3 Å². The number of nitrogen functional groups attached to an aromatic ring is 1. The molecule has 1 aromatic heterocycles. The highest BCUT2D eigenvalue weighted by Gasteiger charge is 2.34. The molecule has 0 amide bonds. The lowest BCUT2D eigenvalue weighted by Gasteiger charge is -2.12. The molecule has 1 saturated heterocycles. The molecule has 0 aliphatic carbocycles. The van der Waals surface area contributed by atoms with Crippen molar-refractivity contribution in [2.45, 2.75) is 25.1 Å². The molecule has 0 unspecified atom stereocenters. The van der Waals surface area contributed by atoms with E-state index in [4.69, 9.17) is 5.73 Å². The molecule has 3 N–H and O–H groups in total. The average molecular weight is 232 g/mol. The Labute approximate surface area is 90.1 Å². The molecule has 0 spiro atoms. The maximum absolute atomic E-state index is 12.5. The first kappa shape index (κ1) is 11.1. The van der Waals surface area contributed by atoms with Crippen LogP contribution in [0, 0.1) is 0 Å². The number of alkyl halides is 3. The molecule has 1 aliphatic rings. The molecule has 1 fully saturated rings. The Bertz CT molecular complexity index is 385. The summed E-state index contributed by atoms with van der Waals surface area (Å²) < 4.78 is 37.4. The van der Waals surface area contributed by atoms with Gasteiger partial charge in [0, 0.05) is 6.04 Å². The molecule has 0 aromatic carbocycles. The summed E-state index contributed by atoms with van der Waals surface area (Å²) in [6.07, 6.45) is -2.78. The summed E-state index contributed by atoms with van der Waals surface area (Å²) in [5.74, 6) is -0.335. The number of rotatable bonds is 1. The Balaban J connectivity index is 2.35. The Hall–Kier alpha value is -1.37. The highest BCUT2D eigenvalue weighted by molar-refractivity contribution is 5.26. The second kappa shape index (κ2) is 3.89. The first-order chi connectivity index (χ1) is 7.47. The maximum atomic E-state index is 12.5. The van der Waals surface area contributed by atoms with Gasteiger partial charge in [-0.2, -0.15) is 13.2 Å². The molecule has 1 atom stereocenters. The molecule has 88 valence electrons. The Kier molecular flexibility index (Phi) is 2.71. The fourth-order valence-electron chi connectivity index (χ4n) is 1.75. The summed E-state index contributed by atoms with van der Waals surface area (Å²) in [7, 11) is 0. The van der Waals surface area contributed by atoms with Crippen molar-refractivity contribution in [1.82, 2.24) is 15.3 Å². The number of hydrogen-bond acceptors (Lipinski definition) is 4. The molecular weight excluding hydrogens is 221 g/mol. The summed E-state index contributed by atoms with van der Waals surface area (Å²) in [5, 5.41) is 3.07. The summed E-state index contributed by atoms with van der Waals surface area (Å²) >= 11 is 0. The van der Waals surface area contributed by atoms with Gasteiger partial charge in [-0.25, -0.2) is 9.97 Å². The number of nitrogens with two attached hydrogens (primary N) is 1. The number of aromatic nitrogens is 2. The van der Waals surface area contributed by atoms with Crippen molar-refractivity contribution >= 4 is 5.95 Å². The summed E-state index contributed by atoms with van der Waals surface area (Å²) in [6, 6.07) is 0.811. The third-order valence-electron chi connectivity index (χ3n) is 2.47. The summed E-state index contributed by atoms with van der Waals surface area (Å²) in [4.78, 5) is 7.02. The van der Waals surface area contributed by atoms with E-state index in [-0.39, 0.29) is 12.0 Å². The van der Waals surface area contributed by atoms with Crippen LogP contribution < -0.4 is 11.1 Å². The molecule has 0 saturated carbocycles. The zero-order chi connectivity index (χ0) is 11.8. The SMILES string of the molecule is Nc1nc([C@H]2CCCN2)cc(C(F)(F)F)n1. The van der Waals surface area contributed by atoms with E-state index in [0.29, 0.717) is 5.69 Å². The Morgan fingerprint density at radius 1 is 1.38 bits per heavy atom. The molecule has 2 rings (SSSR count). The van der Waals surface area contributed by atoms with Crippen LogP contribution in [0.25, 0.3) is 0 Å². The molecule has 1 aromatic rings. The highest BCUT2D eigenvalue weighted by atomic mass is 19.4. The first-order valence-corrected chi connectivity index (χ1v) is 4.92. The smallest absolute Gasteiger partial charge is 0.368 e. The predicted octanol–water partition coefficient (Wildman–Crippen LogP) is 1.50. The van der Waals surface area contributed by atoms with Crippen LogP contribution in [0.5, 0.6) is 0 Å². The zero-order valence-electron chi connectivity index (χ0n) is 8.38. The van der Waals surface area contributed by atoms with E-state index < -0.39 is 11.9 Å². The van der Waals surface area contributed by atoms with Gasteiger partial charge in [0.2, 0.25) is 5.95 Å². The lowest BCUT2D eigenvalue weighted by Crippen LogP contribution is -2.18. The lowest BCUT2D eigenvalue weighted by molar-refractivity contribution is -0.141. The van der Waals surface area contributed by atoms with E-state index in [1.807, 2.05) is 0 Å².